The van der Waals surface area contributed by atoms with E-state index >= 15 is 0 Å². The molecule has 0 bridgehead atoms. The van der Waals surface area contributed by atoms with Crippen molar-refractivity contribution in [1.29, 1.82) is 0 Å². The molecule has 4 aliphatic heterocycles. The molecule has 42 heavy (non-hydrogen) atoms. The molecule has 5 aliphatic rings. The van der Waals surface area contributed by atoms with E-state index in [9.17, 15) is 28.8 Å². The first-order valence-electron chi connectivity index (χ1n) is 13.9. The van der Waals surface area contributed by atoms with E-state index in [2.05, 4.69) is 0 Å². The molecule has 1 saturated carbocycles. The Morgan fingerprint density at radius 3 is 1.90 bits per heavy atom. The second-order valence-electron chi connectivity index (χ2n) is 12.4. The minimum Gasteiger partial charge on any atom is -0.462 e. The van der Waals surface area contributed by atoms with Gasteiger partial charge in [0.15, 0.2) is 17.3 Å². The molecule has 14 nitrogen and oxygen atoms in total. The molecule has 12 unspecified atom stereocenters. The van der Waals surface area contributed by atoms with Crippen LogP contribution in [0.15, 0.2) is 0 Å². The third-order valence-corrected chi connectivity index (χ3v) is 9.44. The van der Waals surface area contributed by atoms with Crippen LogP contribution in [0.1, 0.15) is 68.2 Å². The Bertz CT molecular complexity index is 1250. The van der Waals surface area contributed by atoms with E-state index in [-0.39, 0.29) is 6.42 Å². The predicted octanol–water partition coefficient (Wildman–Crippen LogP) is 0.685. The van der Waals surface area contributed by atoms with Gasteiger partial charge in [-0.3, -0.25) is 24.0 Å². The van der Waals surface area contributed by atoms with Crippen LogP contribution in [0.4, 0.5) is 0 Å². The van der Waals surface area contributed by atoms with Crippen LogP contribution in [0.2, 0.25) is 0 Å². The third-order valence-electron chi connectivity index (χ3n) is 9.44. The molecule has 1 aliphatic carbocycles. The molecule has 232 valence electrons. The molecule has 0 aromatic carbocycles. The van der Waals surface area contributed by atoms with Gasteiger partial charge in [0.2, 0.25) is 0 Å². The highest BCUT2D eigenvalue weighted by Crippen LogP contribution is 2.68. The van der Waals surface area contributed by atoms with Gasteiger partial charge in [0.1, 0.15) is 36.6 Å². The third kappa shape index (κ3) is 4.36. The number of carbonyl (C=O) groups excluding carboxylic acids is 6. The lowest BCUT2D eigenvalue weighted by Gasteiger charge is -2.51. The van der Waals surface area contributed by atoms with E-state index in [0.717, 1.165) is 13.8 Å². The van der Waals surface area contributed by atoms with Crippen molar-refractivity contribution >= 4 is 35.8 Å². The molecule has 5 fully saturated rings. The minimum atomic E-state index is -1.65. The second kappa shape index (κ2) is 9.63. The summed E-state index contributed by atoms with van der Waals surface area (Å²) in [6, 6.07) is 0. The van der Waals surface area contributed by atoms with E-state index in [1.165, 1.54) is 20.8 Å². The fraction of sp³-hybridized carbons (Fsp3) is 0.786. The van der Waals surface area contributed by atoms with Crippen molar-refractivity contribution < 1.29 is 66.7 Å². The van der Waals surface area contributed by atoms with Crippen LogP contribution in [0.5, 0.6) is 0 Å². The van der Waals surface area contributed by atoms with Crippen molar-refractivity contribution in [2.45, 2.75) is 128 Å². The van der Waals surface area contributed by atoms with Gasteiger partial charge >= 0.3 is 35.8 Å². The summed E-state index contributed by atoms with van der Waals surface area (Å²) in [7, 11) is 0. The molecular weight excluding hydrogens is 560 g/mol. The summed E-state index contributed by atoms with van der Waals surface area (Å²) >= 11 is 0. The zero-order chi connectivity index (χ0) is 31.2. The maximum atomic E-state index is 13.2. The number of ether oxygens (including phenoxy) is 8. The van der Waals surface area contributed by atoms with E-state index in [0.29, 0.717) is 0 Å². The van der Waals surface area contributed by atoms with Crippen molar-refractivity contribution in [2.75, 3.05) is 0 Å². The number of hydrogen-bond donors (Lipinski definition) is 0. The Kier molecular flexibility index (Phi) is 6.92. The average molecular weight is 597 g/mol. The Labute approximate surface area is 241 Å². The molecule has 0 aromatic heterocycles. The monoisotopic (exact) mass is 596 g/mol. The molecule has 0 radical (unpaired) electrons. The SMILES string of the molecule is CC(=O)OC1CC2(C)OC2C2OC(=O)C3(C)OC23C(OC(C)=O)C2C(C)OC(=O)CC(OC(C)=O)C2(C)C1OC(C)=O. The number of hydrogen-bond acceptors (Lipinski definition) is 14. The molecule has 12 atom stereocenters. The van der Waals surface area contributed by atoms with Gasteiger partial charge in [-0.2, -0.15) is 0 Å². The van der Waals surface area contributed by atoms with Crippen molar-refractivity contribution in [2.24, 2.45) is 11.3 Å². The molecule has 4 saturated heterocycles. The van der Waals surface area contributed by atoms with Crippen LogP contribution < -0.4 is 0 Å². The van der Waals surface area contributed by atoms with Crippen LogP contribution in [0.25, 0.3) is 0 Å². The van der Waals surface area contributed by atoms with E-state index in [1.807, 2.05) is 0 Å². The Morgan fingerprint density at radius 1 is 0.786 bits per heavy atom. The standard InChI is InChI=1S/C28H36O14/c1-11-19-21(39-15(5)32)28-23(40-24(34)27(28,8)42-28)22-25(6,41-22)10-16(36-12(2)29)20(38-14(4)31)26(19,7)17(37-13(3)30)9-18(33)35-11/h11,16-17,19-23H,9-10H2,1-8H3. The molecule has 0 aromatic rings. The first-order valence-corrected chi connectivity index (χ1v) is 13.9. The summed E-state index contributed by atoms with van der Waals surface area (Å²) in [5, 5.41) is 0. The second-order valence-corrected chi connectivity index (χ2v) is 12.4. The lowest BCUT2D eigenvalue weighted by atomic mass is 9.58. The van der Waals surface area contributed by atoms with Gasteiger partial charge in [-0.15, -0.1) is 0 Å². The number of esters is 6. The summed E-state index contributed by atoms with van der Waals surface area (Å²) in [5.41, 5.74) is -5.90. The van der Waals surface area contributed by atoms with Gasteiger partial charge in [0.25, 0.3) is 0 Å². The van der Waals surface area contributed by atoms with Gasteiger partial charge in [-0.1, -0.05) is 6.92 Å². The molecule has 0 N–H and O–H groups in total. The van der Waals surface area contributed by atoms with E-state index in [4.69, 9.17) is 37.9 Å². The van der Waals surface area contributed by atoms with Crippen molar-refractivity contribution in [3.63, 3.8) is 0 Å². The van der Waals surface area contributed by atoms with Crippen LogP contribution in [0, 0.1) is 11.3 Å². The van der Waals surface area contributed by atoms with Crippen molar-refractivity contribution in [1.82, 2.24) is 0 Å². The van der Waals surface area contributed by atoms with Gasteiger partial charge in [0, 0.05) is 40.0 Å². The smallest absolute Gasteiger partial charge is 0.342 e. The summed E-state index contributed by atoms with van der Waals surface area (Å²) in [6.45, 7) is 11.0. The van der Waals surface area contributed by atoms with Gasteiger partial charge in [-0.25, -0.2) is 4.79 Å². The first-order chi connectivity index (χ1) is 19.4. The molecular formula is C28H36O14. The number of cyclic esters (lactones) is 1. The molecule has 4 heterocycles. The van der Waals surface area contributed by atoms with Crippen LogP contribution in [0.3, 0.4) is 0 Å². The number of carbonyl (C=O) groups is 6. The maximum Gasteiger partial charge on any atom is 0.342 e. The molecule has 0 amide bonds. The number of rotatable bonds is 4. The Morgan fingerprint density at radius 2 is 1.36 bits per heavy atom. The van der Waals surface area contributed by atoms with Crippen molar-refractivity contribution in [3.05, 3.63) is 0 Å². The maximum absolute atomic E-state index is 13.2. The highest BCUT2D eigenvalue weighted by Gasteiger charge is 2.91. The van der Waals surface area contributed by atoms with Crippen LogP contribution in [-0.2, 0) is 66.7 Å². The summed E-state index contributed by atoms with van der Waals surface area (Å²) < 4.78 is 47.3. The largest absolute Gasteiger partial charge is 0.462 e. The lowest BCUT2D eigenvalue weighted by molar-refractivity contribution is -0.225. The Hall–Kier alpha value is -3.26. The van der Waals surface area contributed by atoms with Crippen molar-refractivity contribution in [3.8, 4) is 0 Å². The highest BCUT2D eigenvalue weighted by atomic mass is 16.8. The summed E-state index contributed by atoms with van der Waals surface area (Å²) in [5.74, 6) is -5.58. The number of epoxide rings is 2. The Balaban J connectivity index is 1.83. The van der Waals surface area contributed by atoms with E-state index in [1.54, 1.807) is 20.8 Å². The summed E-state index contributed by atoms with van der Waals surface area (Å²) in [4.78, 5) is 76.6. The van der Waals surface area contributed by atoms with Gasteiger partial charge in [-0.05, 0) is 20.8 Å². The summed E-state index contributed by atoms with van der Waals surface area (Å²) in [6.07, 6.45) is -8.76. The highest BCUT2D eigenvalue weighted by molar-refractivity contribution is 5.89. The zero-order valence-corrected chi connectivity index (χ0v) is 24.7. The number of fused-ring (bicyclic) bond motifs is 3. The first kappa shape index (κ1) is 30.2. The van der Waals surface area contributed by atoms with Gasteiger partial charge < -0.3 is 37.9 Å². The zero-order valence-electron chi connectivity index (χ0n) is 24.7. The molecule has 1 spiro atoms. The fourth-order valence-electron chi connectivity index (χ4n) is 7.69. The normalized spacial score (nSPS) is 47.0. The lowest BCUT2D eigenvalue weighted by Crippen LogP contribution is -2.65. The molecule has 14 heteroatoms. The fourth-order valence-corrected chi connectivity index (χ4v) is 7.69. The average Bonchev–Trinajstić information content (AvgIpc) is 3.68. The molecule has 5 rings (SSSR count). The topological polar surface area (TPSA) is 183 Å². The van der Waals surface area contributed by atoms with Crippen LogP contribution in [-0.4, -0.2) is 95.3 Å². The van der Waals surface area contributed by atoms with E-state index < -0.39 is 113 Å². The predicted molar refractivity (Wildman–Crippen MR) is 134 cm³/mol. The quantitative estimate of drug-likeness (QED) is 0.251. The van der Waals surface area contributed by atoms with Crippen LogP contribution >= 0.6 is 0 Å². The van der Waals surface area contributed by atoms with Gasteiger partial charge in [0.05, 0.1) is 17.4 Å². The minimum absolute atomic E-state index is 0.0352.